The zero-order valence-corrected chi connectivity index (χ0v) is 12.5. The van der Waals surface area contributed by atoms with Crippen LogP contribution in [0.25, 0.3) is 21.9 Å². The molecule has 3 heteroatoms. The molecule has 23 heavy (non-hydrogen) atoms. The first-order valence-electron chi connectivity index (χ1n) is 7.52. The second-order valence-corrected chi connectivity index (χ2v) is 5.31. The van der Waals surface area contributed by atoms with Crippen LogP contribution in [0.3, 0.4) is 0 Å². The minimum atomic E-state index is 0.598. The summed E-state index contributed by atoms with van der Waals surface area (Å²) in [7, 11) is 0. The van der Waals surface area contributed by atoms with Crippen LogP contribution in [0, 0.1) is 0 Å². The van der Waals surface area contributed by atoms with Crippen molar-refractivity contribution < 1.29 is 0 Å². The van der Waals surface area contributed by atoms with Crippen LogP contribution in [0.15, 0.2) is 85.2 Å². The fraction of sp³-hybridized carbons (Fsp3) is 0. The van der Waals surface area contributed by atoms with Gasteiger partial charge in [0, 0.05) is 29.0 Å². The summed E-state index contributed by atoms with van der Waals surface area (Å²) in [5, 5.41) is 5.65. The molecule has 1 aromatic heterocycles. The van der Waals surface area contributed by atoms with Crippen molar-refractivity contribution >= 4 is 22.4 Å². The number of fused-ring (bicyclic) bond motifs is 1. The molecule has 0 radical (unpaired) electrons. The van der Waals surface area contributed by atoms with Crippen LogP contribution >= 0.6 is 0 Å². The zero-order chi connectivity index (χ0) is 15.5. The van der Waals surface area contributed by atoms with Crippen LogP contribution in [-0.2, 0) is 0 Å². The molecule has 0 atom stereocenters. The Hall–Kier alpha value is -3.20. The van der Waals surface area contributed by atoms with Crippen molar-refractivity contribution in [3.05, 3.63) is 85.2 Å². The molecule has 0 aliphatic rings. The highest BCUT2D eigenvalue weighted by Gasteiger charge is 2.03. The number of hydrogen-bond acceptors (Lipinski definition) is 3. The Balaban J connectivity index is 1.64. The highest BCUT2D eigenvalue weighted by molar-refractivity contribution is 5.94. The molecular weight excluding hydrogens is 282 g/mol. The molecule has 0 amide bonds. The van der Waals surface area contributed by atoms with E-state index in [1.165, 1.54) is 5.39 Å². The summed E-state index contributed by atoms with van der Waals surface area (Å²) in [6.07, 6.45) is 3.69. The number of rotatable bonds is 3. The molecule has 0 saturated heterocycles. The summed E-state index contributed by atoms with van der Waals surface area (Å²) < 4.78 is 0. The minimum Gasteiger partial charge on any atom is -0.324 e. The third-order valence-corrected chi connectivity index (χ3v) is 3.80. The smallest absolute Gasteiger partial charge is 0.227 e. The van der Waals surface area contributed by atoms with Crippen LogP contribution < -0.4 is 5.32 Å². The summed E-state index contributed by atoms with van der Waals surface area (Å²) in [6.45, 7) is 0. The van der Waals surface area contributed by atoms with E-state index in [9.17, 15) is 0 Å². The Morgan fingerprint density at radius 3 is 2.13 bits per heavy atom. The van der Waals surface area contributed by atoms with E-state index >= 15 is 0 Å². The van der Waals surface area contributed by atoms with Crippen LogP contribution in [-0.4, -0.2) is 9.97 Å². The van der Waals surface area contributed by atoms with E-state index in [2.05, 4.69) is 45.6 Å². The maximum atomic E-state index is 4.43. The fourth-order valence-corrected chi connectivity index (χ4v) is 2.63. The van der Waals surface area contributed by atoms with Gasteiger partial charge in [0.15, 0.2) is 0 Å². The molecule has 0 spiro atoms. The first-order chi connectivity index (χ1) is 11.4. The summed E-state index contributed by atoms with van der Waals surface area (Å²) in [5.74, 6) is 0.598. The second kappa shape index (κ2) is 5.89. The maximum Gasteiger partial charge on any atom is 0.227 e. The van der Waals surface area contributed by atoms with Gasteiger partial charge in [0.1, 0.15) is 0 Å². The molecule has 0 fully saturated rings. The SMILES string of the molecule is c1ccc(-c2cnc(Nc3cccc4ccccc34)nc2)cc1. The third-order valence-electron chi connectivity index (χ3n) is 3.80. The van der Waals surface area contributed by atoms with Gasteiger partial charge in [0.2, 0.25) is 5.95 Å². The van der Waals surface area contributed by atoms with Gasteiger partial charge < -0.3 is 5.32 Å². The number of aromatic nitrogens is 2. The normalized spacial score (nSPS) is 10.6. The molecule has 0 saturated carbocycles. The molecule has 3 nitrogen and oxygen atoms in total. The summed E-state index contributed by atoms with van der Waals surface area (Å²) in [5.41, 5.74) is 3.13. The summed E-state index contributed by atoms with van der Waals surface area (Å²) in [4.78, 5) is 8.87. The molecule has 1 N–H and O–H groups in total. The van der Waals surface area contributed by atoms with E-state index in [0.29, 0.717) is 5.95 Å². The van der Waals surface area contributed by atoms with Crippen molar-refractivity contribution in [3.63, 3.8) is 0 Å². The Kier molecular flexibility index (Phi) is 3.45. The molecule has 3 aromatic carbocycles. The number of nitrogens with one attached hydrogen (secondary N) is 1. The lowest BCUT2D eigenvalue weighted by Crippen LogP contribution is -1.97. The van der Waals surface area contributed by atoms with Crippen molar-refractivity contribution in [1.29, 1.82) is 0 Å². The zero-order valence-electron chi connectivity index (χ0n) is 12.5. The fourth-order valence-electron chi connectivity index (χ4n) is 2.63. The predicted octanol–water partition coefficient (Wildman–Crippen LogP) is 5.04. The highest BCUT2D eigenvalue weighted by Crippen LogP contribution is 2.25. The van der Waals surface area contributed by atoms with Crippen molar-refractivity contribution in [3.8, 4) is 11.1 Å². The molecule has 4 aromatic rings. The molecule has 0 aliphatic heterocycles. The maximum absolute atomic E-state index is 4.43. The molecule has 110 valence electrons. The lowest BCUT2D eigenvalue weighted by atomic mass is 10.1. The van der Waals surface area contributed by atoms with E-state index < -0.39 is 0 Å². The summed E-state index contributed by atoms with van der Waals surface area (Å²) in [6, 6.07) is 24.6. The topological polar surface area (TPSA) is 37.8 Å². The number of hydrogen-bond donors (Lipinski definition) is 1. The van der Waals surface area contributed by atoms with Gasteiger partial charge in [-0.05, 0) is 17.0 Å². The minimum absolute atomic E-state index is 0.598. The van der Waals surface area contributed by atoms with Crippen LogP contribution in [0.5, 0.6) is 0 Å². The monoisotopic (exact) mass is 297 g/mol. The van der Waals surface area contributed by atoms with Gasteiger partial charge in [0.05, 0.1) is 0 Å². The standard InChI is InChI=1S/C20H15N3/c1-2-7-15(8-3-1)17-13-21-20(22-14-17)23-19-12-6-10-16-9-4-5-11-18(16)19/h1-14H,(H,21,22,23). The number of benzene rings is 3. The Morgan fingerprint density at radius 1 is 0.609 bits per heavy atom. The lowest BCUT2D eigenvalue weighted by Gasteiger charge is -2.09. The lowest BCUT2D eigenvalue weighted by molar-refractivity contribution is 1.17. The number of anilines is 2. The van der Waals surface area contributed by atoms with Crippen molar-refractivity contribution in [2.75, 3.05) is 5.32 Å². The largest absolute Gasteiger partial charge is 0.324 e. The van der Waals surface area contributed by atoms with Gasteiger partial charge in [-0.25, -0.2) is 9.97 Å². The molecule has 0 aliphatic carbocycles. The van der Waals surface area contributed by atoms with E-state index in [-0.39, 0.29) is 0 Å². The van der Waals surface area contributed by atoms with Gasteiger partial charge in [-0.2, -0.15) is 0 Å². The molecular formula is C20H15N3. The predicted molar refractivity (Wildman–Crippen MR) is 94.7 cm³/mol. The quantitative estimate of drug-likeness (QED) is 0.575. The average molecular weight is 297 g/mol. The van der Waals surface area contributed by atoms with Crippen LogP contribution in [0.4, 0.5) is 11.6 Å². The van der Waals surface area contributed by atoms with Crippen molar-refractivity contribution in [2.24, 2.45) is 0 Å². The van der Waals surface area contributed by atoms with E-state index in [1.54, 1.807) is 0 Å². The first kappa shape index (κ1) is 13.5. The summed E-state index contributed by atoms with van der Waals surface area (Å²) >= 11 is 0. The van der Waals surface area contributed by atoms with Gasteiger partial charge in [0.25, 0.3) is 0 Å². The Labute approximate surface area is 134 Å². The first-order valence-corrected chi connectivity index (χ1v) is 7.52. The Bertz CT molecular complexity index is 926. The van der Waals surface area contributed by atoms with Crippen LogP contribution in [0.2, 0.25) is 0 Å². The highest BCUT2D eigenvalue weighted by atomic mass is 15.1. The second-order valence-electron chi connectivity index (χ2n) is 5.31. The Morgan fingerprint density at radius 2 is 1.30 bits per heavy atom. The molecule has 0 unspecified atom stereocenters. The molecule has 0 bridgehead atoms. The van der Waals surface area contributed by atoms with E-state index in [0.717, 1.165) is 22.2 Å². The van der Waals surface area contributed by atoms with E-state index in [4.69, 9.17) is 0 Å². The van der Waals surface area contributed by atoms with Gasteiger partial charge >= 0.3 is 0 Å². The van der Waals surface area contributed by atoms with Gasteiger partial charge in [-0.3, -0.25) is 0 Å². The third kappa shape index (κ3) is 2.77. The van der Waals surface area contributed by atoms with Crippen LogP contribution in [0.1, 0.15) is 0 Å². The molecule has 1 heterocycles. The van der Waals surface area contributed by atoms with Gasteiger partial charge in [-0.15, -0.1) is 0 Å². The van der Waals surface area contributed by atoms with Crippen molar-refractivity contribution in [1.82, 2.24) is 9.97 Å². The van der Waals surface area contributed by atoms with Gasteiger partial charge in [-0.1, -0.05) is 66.7 Å². The van der Waals surface area contributed by atoms with Crippen molar-refractivity contribution in [2.45, 2.75) is 0 Å². The van der Waals surface area contributed by atoms with E-state index in [1.807, 2.05) is 54.9 Å². The average Bonchev–Trinajstić information content (AvgIpc) is 2.63. The number of nitrogens with zero attached hydrogens (tertiary/aromatic N) is 2. The molecule has 4 rings (SSSR count).